The lowest BCUT2D eigenvalue weighted by Crippen LogP contribution is -2.07. The highest BCUT2D eigenvalue weighted by Crippen LogP contribution is 2.40. The first-order valence-electron chi connectivity index (χ1n) is 7.95. The van der Waals surface area contributed by atoms with Crippen LogP contribution in [0.5, 0.6) is 0 Å². The summed E-state index contributed by atoms with van der Waals surface area (Å²) in [5.74, 6) is 0.130. The van der Waals surface area contributed by atoms with Crippen molar-refractivity contribution in [3.63, 3.8) is 0 Å². The van der Waals surface area contributed by atoms with Crippen LogP contribution in [-0.2, 0) is 10.0 Å². The van der Waals surface area contributed by atoms with Gasteiger partial charge in [-0.3, -0.25) is 0 Å². The molecule has 0 aliphatic carbocycles. The molecule has 4 aromatic rings. The lowest BCUT2D eigenvalue weighted by Gasteiger charge is -2.12. The van der Waals surface area contributed by atoms with Crippen LogP contribution in [0.3, 0.4) is 0 Å². The predicted molar refractivity (Wildman–Crippen MR) is 111 cm³/mol. The maximum Gasteiger partial charge on any atom is 0.241 e. The Morgan fingerprint density at radius 1 is 1.07 bits per heavy atom. The van der Waals surface area contributed by atoms with Crippen LogP contribution in [0, 0.1) is 0 Å². The monoisotopic (exact) mass is 436 g/mol. The zero-order chi connectivity index (χ0) is 20.2. The number of hydrogen-bond acceptors (Lipinski definition) is 6. The molecule has 8 nitrogen and oxygen atoms in total. The molecule has 0 aliphatic heterocycles. The SMILES string of the molecule is CS(=O)(=O)n1ccc2c(-c3c(Cl)cc(-n4nc(N)nc4N)cc3Cl)cccc21. The van der Waals surface area contributed by atoms with Gasteiger partial charge in [-0.25, -0.2) is 12.4 Å². The molecular formula is C17H14Cl2N6O2S. The lowest BCUT2D eigenvalue weighted by molar-refractivity contribution is 0.595. The summed E-state index contributed by atoms with van der Waals surface area (Å²) in [6.45, 7) is 0. The first-order chi connectivity index (χ1) is 13.2. The number of nitrogens with zero attached hydrogens (tertiary/aromatic N) is 4. The molecule has 28 heavy (non-hydrogen) atoms. The standard InChI is InChI=1S/C17H14Cl2N6O2S/c1-28(26,27)24-6-5-10-11(3-2-4-14(10)24)15-12(18)7-9(8-13(15)19)25-17(21)22-16(20)23-25/h2-8H,1H3,(H4,20,21,22,23). The van der Waals surface area contributed by atoms with Crippen molar-refractivity contribution in [2.45, 2.75) is 0 Å². The number of benzene rings is 2. The summed E-state index contributed by atoms with van der Waals surface area (Å²) in [7, 11) is -3.44. The van der Waals surface area contributed by atoms with Gasteiger partial charge in [0.05, 0.1) is 27.5 Å². The highest BCUT2D eigenvalue weighted by atomic mass is 35.5. The van der Waals surface area contributed by atoms with E-state index in [2.05, 4.69) is 10.1 Å². The Kier molecular flexibility index (Phi) is 4.25. The zero-order valence-corrected chi connectivity index (χ0v) is 16.8. The van der Waals surface area contributed by atoms with Gasteiger partial charge < -0.3 is 11.5 Å². The van der Waals surface area contributed by atoms with E-state index in [-0.39, 0.29) is 11.9 Å². The highest BCUT2D eigenvalue weighted by molar-refractivity contribution is 7.89. The maximum atomic E-state index is 12.0. The average Bonchev–Trinajstić information content (AvgIpc) is 3.17. The third kappa shape index (κ3) is 2.97. The summed E-state index contributed by atoms with van der Waals surface area (Å²) in [5.41, 5.74) is 13.7. The molecule has 11 heteroatoms. The Hall–Kier alpha value is -2.75. The van der Waals surface area contributed by atoms with E-state index in [4.69, 9.17) is 34.7 Å². The van der Waals surface area contributed by atoms with Crippen molar-refractivity contribution in [1.29, 1.82) is 0 Å². The smallest absolute Gasteiger partial charge is 0.241 e. The minimum atomic E-state index is -3.44. The molecule has 144 valence electrons. The molecule has 4 N–H and O–H groups in total. The van der Waals surface area contributed by atoms with Gasteiger partial charge in [-0.1, -0.05) is 35.3 Å². The molecule has 2 aromatic carbocycles. The fraction of sp³-hybridized carbons (Fsp3) is 0.0588. The fourth-order valence-corrected chi connectivity index (χ4v) is 4.60. The van der Waals surface area contributed by atoms with E-state index in [9.17, 15) is 8.42 Å². The van der Waals surface area contributed by atoms with E-state index in [1.54, 1.807) is 30.3 Å². The van der Waals surface area contributed by atoms with Crippen LogP contribution in [-0.4, -0.2) is 33.4 Å². The van der Waals surface area contributed by atoms with Crippen LogP contribution in [0.15, 0.2) is 42.6 Å². The van der Waals surface area contributed by atoms with Crippen molar-refractivity contribution in [2.24, 2.45) is 0 Å². The van der Waals surface area contributed by atoms with Crippen LogP contribution >= 0.6 is 23.2 Å². The molecule has 2 heterocycles. The molecule has 4 rings (SSSR count). The number of nitrogen functional groups attached to an aromatic ring is 2. The van der Waals surface area contributed by atoms with Crippen LogP contribution in [0.25, 0.3) is 27.7 Å². The van der Waals surface area contributed by atoms with Crippen molar-refractivity contribution >= 4 is 56.0 Å². The topological polar surface area (TPSA) is 122 Å². The Morgan fingerprint density at radius 3 is 2.32 bits per heavy atom. The predicted octanol–water partition coefficient (Wildman–Crippen LogP) is 3.17. The van der Waals surface area contributed by atoms with Crippen molar-refractivity contribution in [2.75, 3.05) is 17.7 Å². The van der Waals surface area contributed by atoms with Gasteiger partial charge in [-0.05, 0) is 29.8 Å². The van der Waals surface area contributed by atoms with E-state index < -0.39 is 10.0 Å². The van der Waals surface area contributed by atoms with Crippen molar-refractivity contribution < 1.29 is 8.42 Å². The highest BCUT2D eigenvalue weighted by Gasteiger charge is 2.18. The first-order valence-corrected chi connectivity index (χ1v) is 10.6. The second kappa shape index (κ2) is 6.40. The van der Waals surface area contributed by atoms with E-state index in [1.807, 2.05) is 6.07 Å². The molecule has 0 fully saturated rings. The summed E-state index contributed by atoms with van der Waals surface area (Å²) in [6, 6.07) is 10.3. The zero-order valence-electron chi connectivity index (χ0n) is 14.5. The van der Waals surface area contributed by atoms with Crippen LogP contribution in [0.4, 0.5) is 11.9 Å². The third-order valence-electron chi connectivity index (χ3n) is 4.24. The number of nitrogens with two attached hydrogens (primary N) is 2. The fourth-order valence-electron chi connectivity index (χ4n) is 3.12. The number of halogens is 2. The molecule has 0 amide bonds. The molecule has 0 aliphatic rings. The Labute approximate surface area is 170 Å². The van der Waals surface area contributed by atoms with Gasteiger partial charge in [0.15, 0.2) is 0 Å². The number of anilines is 2. The second-order valence-electron chi connectivity index (χ2n) is 6.14. The minimum absolute atomic E-state index is 0.0284. The molecular weight excluding hydrogens is 423 g/mol. The molecule has 0 saturated heterocycles. The molecule has 0 atom stereocenters. The van der Waals surface area contributed by atoms with Gasteiger partial charge in [-0.2, -0.15) is 9.67 Å². The van der Waals surface area contributed by atoms with Gasteiger partial charge in [-0.15, -0.1) is 5.10 Å². The molecule has 0 spiro atoms. The van der Waals surface area contributed by atoms with Crippen LogP contribution in [0.1, 0.15) is 0 Å². The third-order valence-corrected chi connectivity index (χ3v) is 5.87. The molecule has 0 bridgehead atoms. The summed E-state index contributed by atoms with van der Waals surface area (Å²) >= 11 is 13.1. The van der Waals surface area contributed by atoms with Crippen molar-refractivity contribution in [1.82, 2.24) is 18.7 Å². The van der Waals surface area contributed by atoms with E-state index in [0.29, 0.717) is 37.8 Å². The van der Waals surface area contributed by atoms with Gasteiger partial charge in [0.1, 0.15) is 0 Å². The van der Waals surface area contributed by atoms with E-state index in [1.165, 1.54) is 14.9 Å². The summed E-state index contributed by atoms with van der Waals surface area (Å²) in [4.78, 5) is 3.86. The van der Waals surface area contributed by atoms with E-state index in [0.717, 1.165) is 6.26 Å². The number of fused-ring (bicyclic) bond motifs is 1. The number of aromatic nitrogens is 4. The van der Waals surface area contributed by atoms with Crippen LogP contribution in [0.2, 0.25) is 10.0 Å². The minimum Gasteiger partial charge on any atom is -0.368 e. The van der Waals surface area contributed by atoms with Gasteiger partial charge in [0.25, 0.3) is 0 Å². The summed E-state index contributed by atoms with van der Waals surface area (Å²) in [5, 5.41) is 5.41. The molecule has 2 aromatic heterocycles. The van der Waals surface area contributed by atoms with Crippen LogP contribution < -0.4 is 11.5 Å². The molecule has 0 saturated carbocycles. The molecule has 0 radical (unpaired) electrons. The molecule has 0 unspecified atom stereocenters. The second-order valence-corrected chi connectivity index (χ2v) is 8.81. The largest absolute Gasteiger partial charge is 0.368 e. The number of hydrogen-bond donors (Lipinski definition) is 2. The van der Waals surface area contributed by atoms with Gasteiger partial charge in [0, 0.05) is 17.1 Å². The summed E-state index contributed by atoms with van der Waals surface area (Å²) in [6.07, 6.45) is 2.64. The quantitative estimate of drug-likeness (QED) is 0.508. The summed E-state index contributed by atoms with van der Waals surface area (Å²) < 4.78 is 26.5. The van der Waals surface area contributed by atoms with Gasteiger partial charge >= 0.3 is 0 Å². The Bertz CT molecular complexity index is 1320. The lowest BCUT2D eigenvalue weighted by atomic mass is 10.0. The van der Waals surface area contributed by atoms with Crippen molar-refractivity contribution in [3.05, 3.63) is 52.6 Å². The first kappa shape index (κ1) is 18.6. The normalized spacial score (nSPS) is 12.0. The number of rotatable bonds is 3. The maximum absolute atomic E-state index is 12.0. The van der Waals surface area contributed by atoms with Gasteiger partial charge in [0.2, 0.25) is 21.9 Å². The van der Waals surface area contributed by atoms with Crippen molar-refractivity contribution in [3.8, 4) is 16.8 Å². The van der Waals surface area contributed by atoms with E-state index >= 15 is 0 Å². The average molecular weight is 437 g/mol. The Morgan fingerprint density at radius 2 is 1.75 bits per heavy atom. The Balaban J connectivity index is 1.94.